The summed E-state index contributed by atoms with van der Waals surface area (Å²) in [6.07, 6.45) is -2.80. The molecule has 4 fully saturated rings. The normalized spacial score (nSPS) is 30.8. The number of alkyl halides is 2. The van der Waals surface area contributed by atoms with Crippen LogP contribution in [-0.4, -0.2) is 54.1 Å². The molecule has 33 heavy (non-hydrogen) atoms. The number of piperidine rings is 2. The first-order valence-corrected chi connectivity index (χ1v) is 10.7. The van der Waals surface area contributed by atoms with Gasteiger partial charge in [0.15, 0.2) is 12.7 Å². The van der Waals surface area contributed by atoms with Crippen LogP contribution in [0, 0.1) is 5.82 Å². The first kappa shape index (κ1) is 23.6. The highest BCUT2D eigenvalue weighted by molar-refractivity contribution is 6.30. The smallest absolute Gasteiger partial charge is 0.258 e. The zero-order valence-electron chi connectivity index (χ0n) is 17.3. The molecule has 3 saturated heterocycles. The van der Waals surface area contributed by atoms with Gasteiger partial charge in [-0.25, -0.2) is 13.2 Å². The van der Waals surface area contributed by atoms with Crippen LogP contribution in [0.15, 0.2) is 18.2 Å². The SMILES string of the molecule is O=C(COc1ccc(Cl)c(F)c1)NC12CCC(NC(=O)C3CC(C(F)F)NO3)(CC1)NC2=O. The second-order valence-corrected chi connectivity index (χ2v) is 8.83. The largest absolute Gasteiger partial charge is 0.484 e. The van der Waals surface area contributed by atoms with Crippen LogP contribution >= 0.6 is 11.6 Å². The minimum atomic E-state index is -2.67. The third-order valence-electron chi connectivity index (χ3n) is 6.17. The van der Waals surface area contributed by atoms with Gasteiger partial charge in [-0.3, -0.25) is 19.2 Å². The summed E-state index contributed by atoms with van der Waals surface area (Å²) in [5.74, 6) is -2.22. The van der Waals surface area contributed by atoms with Gasteiger partial charge in [-0.1, -0.05) is 11.6 Å². The van der Waals surface area contributed by atoms with Crippen LogP contribution < -0.4 is 26.2 Å². The maximum atomic E-state index is 13.5. The highest BCUT2D eigenvalue weighted by Gasteiger charge is 2.56. The predicted molar refractivity (Wildman–Crippen MR) is 108 cm³/mol. The minimum absolute atomic E-state index is 0.0769. The lowest BCUT2D eigenvalue weighted by Gasteiger charge is -2.53. The second-order valence-electron chi connectivity index (χ2n) is 8.42. The highest BCUT2D eigenvalue weighted by Crippen LogP contribution is 2.39. The molecule has 180 valence electrons. The molecule has 5 rings (SSSR count). The molecule has 13 heteroatoms. The molecule has 1 aromatic carbocycles. The van der Waals surface area contributed by atoms with Crippen molar-refractivity contribution in [3.63, 3.8) is 0 Å². The standard InChI is InChI=1S/C20H22ClF3N4O5/c21-11-2-1-10(7-12(11)22)32-9-15(29)25-19-3-5-20(6-4-19,27-18(19)31)26-17(30)14-8-13(16(23)24)28-33-14/h1-2,7,13-14,16,28H,3-6,8-9H2,(H,25,29)(H,26,30)(H,27,31). The Labute approximate surface area is 191 Å². The van der Waals surface area contributed by atoms with Crippen LogP contribution in [0.1, 0.15) is 32.1 Å². The number of nitrogens with one attached hydrogen (secondary N) is 4. The zero-order chi connectivity index (χ0) is 23.8. The lowest BCUT2D eigenvalue weighted by Crippen LogP contribution is -2.77. The second kappa shape index (κ2) is 8.99. The number of benzene rings is 1. The van der Waals surface area contributed by atoms with Crippen molar-refractivity contribution in [2.75, 3.05) is 6.61 Å². The Balaban J connectivity index is 1.30. The van der Waals surface area contributed by atoms with Crippen molar-refractivity contribution in [2.45, 2.75) is 61.9 Å². The van der Waals surface area contributed by atoms with Gasteiger partial charge in [-0.2, -0.15) is 5.48 Å². The van der Waals surface area contributed by atoms with Crippen LogP contribution in [0.25, 0.3) is 0 Å². The topological polar surface area (TPSA) is 118 Å². The molecule has 1 saturated carbocycles. The molecule has 0 aromatic heterocycles. The van der Waals surface area contributed by atoms with E-state index >= 15 is 0 Å². The van der Waals surface area contributed by atoms with Gasteiger partial charge in [0.2, 0.25) is 5.91 Å². The fraction of sp³-hybridized carbons (Fsp3) is 0.550. The number of amides is 3. The summed E-state index contributed by atoms with van der Waals surface area (Å²) in [6, 6.07) is 2.52. The van der Waals surface area contributed by atoms with Crippen molar-refractivity contribution in [3.8, 4) is 5.75 Å². The number of fused-ring (bicyclic) bond motifs is 3. The third kappa shape index (κ3) is 4.87. The number of carbonyl (C=O) groups is 3. The van der Waals surface area contributed by atoms with Crippen molar-refractivity contribution in [3.05, 3.63) is 29.0 Å². The van der Waals surface area contributed by atoms with Crippen LogP contribution in [0.4, 0.5) is 13.2 Å². The number of carbonyl (C=O) groups excluding carboxylic acids is 3. The number of rotatable bonds is 7. The first-order chi connectivity index (χ1) is 15.6. The summed E-state index contributed by atoms with van der Waals surface area (Å²) in [6.45, 7) is -0.435. The van der Waals surface area contributed by atoms with E-state index in [9.17, 15) is 27.6 Å². The van der Waals surface area contributed by atoms with E-state index in [-0.39, 0.29) is 30.0 Å². The zero-order valence-corrected chi connectivity index (χ0v) is 18.0. The molecule has 3 amide bonds. The predicted octanol–water partition coefficient (Wildman–Crippen LogP) is 1.16. The van der Waals surface area contributed by atoms with Crippen molar-refractivity contribution in [1.29, 1.82) is 0 Å². The Kier molecular flexibility index (Phi) is 6.43. The van der Waals surface area contributed by atoms with E-state index in [1.165, 1.54) is 12.1 Å². The molecule has 2 atom stereocenters. The minimum Gasteiger partial charge on any atom is -0.484 e. The summed E-state index contributed by atoms with van der Waals surface area (Å²) in [5, 5.41) is 8.06. The first-order valence-electron chi connectivity index (χ1n) is 10.3. The molecule has 4 aliphatic rings. The lowest BCUT2D eigenvalue weighted by molar-refractivity contribution is -0.149. The number of hydrogen-bond donors (Lipinski definition) is 4. The number of halogens is 4. The van der Waals surface area contributed by atoms with Crippen LogP contribution in [0.3, 0.4) is 0 Å². The van der Waals surface area contributed by atoms with Crippen LogP contribution in [0.2, 0.25) is 5.02 Å². The third-order valence-corrected chi connectivity index (χ3v) is 6.48. The molecule has 2 unspecified atom stereocenters. The molecular weight excluding hydrogens is 469 g/mol. The summed E-state index contributed by atoms with van der Waals surface area (Å²) in [5.41, 5.74) is -0.0540. The molecule has 3 heterocycles. The molecule has 0 radical (unpaired) electrons. The van der Waals surface area contributed by atoms with Gasteiger partial charge in [0.1, 0.15) is 22.8 Å². The summed E-state index contributed by atoms with van der Waals surface area (Å²) in [4.78, 5) is 42.6. The van der Waals surface area contributed by atoms with Crippen LogP contribution in [-0.2, 0) is 19.2 Å². The van der Waals surface area contributed by atoms with E-state index in [0.717, 1.165) is 6.07 Å². The monoisotopic (exact) mass is 490 g/mol. The van der Waals surface area contributed by atoms with Gasteiger partial charge in [0.25, 0.3) is 18.2 Å². The lowest BCUT2D eigenvalue weighted by atomic mass is 9.70. The van der Waals surface area contributed by atoms with Crippen molar-refractivity contribution < 1.29 is 37.1 Å². The van der Waals surface area contributed by atoms with Crippen molar-refractivity contribution in [2.24, 2.45) is 0 Å². The Hall–Kier alpha value is -2.57. The van der Waals surface area contributed by atoms with Crippen molar-refractivity contribution >= 4 is 29.3 Å². The van der Waals surface area contributed by atoms with E-state index in [2.05, 4.69) is 21.4 Å². The average Bonchev–Trinajstić information content (AvgIpc) is 3.27. The Morgan fingerprint density at radius 3 is 2.58 bits per heavy atom. The molecular formula is C20H22ClF3N4O5. The van der Waals surface area contributed by atoms with Gasteiger partial charge >= 0.3 is 0 Å². The van der Waals surface area contributed by atoms with Crippen molar-refractivity contribution in [1.82, 2.24) is 21.4 Å². The van der Waals surface area contributed by atoms with Gasteiger partial charge < -0.3 is 20.7 Å². The Morgan fingerprint density at radius 1 is 1.24 bits per heavy atom. The van der Waals surface area contributed by atoms with Gasteiger partial charge in [-0.05, 0) is 37.8 Å². The number of hydroxylamine groups is 1. The molecule has 1 aliphatic carbocycles. The number of ether oxygens (including phenoxy) is 1. The molecule has 0 spiro atoms. The van der Waals surface area contributed by atoms with E-state index < -0.39 is 59.9 Å². The van der Waals surface area contributed by atoms with Gasteiger partial charge in [0.05, 0.1) is 11.1 Å². The van der Waals surface area contributed by atoms with Gasteiger partial charge in [0, 0.05) is 12.5 Å². The van der Waals surface area contributed by atoms with E-state index in [0.29, 0.717) is 12.8 Å². The van der Waals surface area contributed by atoms with E-state index in [4.69, 9.17) is 21.2 Å². The maximum absolute atomic E-state index is 13.5. The summed E-state index contributed by atoms with van der Waals surface area (Å²) < 4.78 is 44.3. The van der Waals surface area contributed by atoms with E-state index in [1.807, 2.05) is 0 Å². The molecule has 3 aliphatic heterocycles. The molecule has 2 bridgehead atoms. The molecule has 1 aromatic rings. The summed E-state index contributed by atoms with van der Waals surface area (Å²) >= 11 is 5.61. The fourth-order valence-electron chi connectivity index (χ4n) is 4.28. The van der Waals surface area contributed by atoms with E-state index in [1.54, 1.807) is 0 Å². The fourth-order valence-corrected chi connectivity index (χ4v) is 4.39. The van der Waals surface area contributed by atoms with Crippen LogP contribution in [0.5, 0.6) is 5.75 Å². The maximum Gasteiger partial charge on any atom is 0.258 e. The highest BCUT2D eigenvalue weighted by atomic mass is 35.5. The average molecular weight is 491 g/mol. The Morgan fingerprint density at radius 2 is 1.97 bits per heavy atom. The Bertz CT molecular complexity index is 958. The quantitative estimate of drug-likeness (QED) is 0.455. The number of hydrogen-bond acceptors (Lipinski definition) is 6. The van der Waals surface area contributed by atoms with Gasteiger partial charge in [-0.15, -0.1) is 0 Å². The molecule has 9 nitrogen and oxygen atoms in total. The summed E-state index contributed by atoms with van der Waals surface area (Å²) in [7, 11) is 0. The molecule has 4 N–H and O–H groups in total.